The first-order valence-electron chi connectivity index (χ1n) is 6.18. The molecule has 0 bridgehead atoms. The molecule has 0 radical (unpaired) electrons. The molecule has 1 saturated heterocycles. The molecule has 0 aliphatic carbocycles. The van der Waals surface area contributed by atoms with Crippen molar-refractivity contribution in [3.8, 4) is 0 Å². The predicted octanol–water partition coefficient (Wildman–Crippen LogP) is 3.67. The van der Waals surface area contributed by atoms with Gasteiger partial charge in [0, 0.05) is 18.7 Å². The van der Waals surface area contributed by atoms with Gasteiger partial charge in [-0.15, -0.1) is 0 Å². The van der Waals surface area contributed by atoms with Crippen LogP contribution in [0.2, 0.25) is 5.02 Å². The monoisotopic (exact) mass is 257 g/mol. The quantitative estimate of drug-likeness (QED) is 0.829. The van der Waals surface area contributed by atoms with Gasteiger partial charge in [-0.25, -0.2) is 0 Å². The number of hydrogen-bond donors (Lipinski definition) is 1. The van der Waals surface area contributed by atoms with Crippen molar-refractivity contribution in [2.75, 3.05) is 20.2 Å². The summed E-state index contributed by atoms with van der Waals surface area (Å²) in [5, 5.41) is 4.00. The van der Waals surface area contributed by atoms with E-state index in [2.05, 4.69) is 5.32 Å². The molecular formula is C14H24ClNO. The summed E-state index contributed by atoms with van der Waals surface area (Å²) in [6.45, 7) is 8.20. The van der Waals surface area contributed by atoms with Gasteiger partial charge in [-0.3, -0.25) is 0 Å². The minimum absolute atomic E-state index is 0.486. The second-order valence-electron chi connectivity index (χ2n) is 3.65. The Balaban J connectivity index is 0.000000265. The summed E-state index contributed by atoms with van der Waals surface area (Å²) in [5.41, 5.74) is 1.24. The van der Waals surface area contributed by atoms with Crippen LogP contribution in [-0.2, 0) is 4.74 Å². The number of rotatable bonds is 1. The third-order valence-corrected chi connectivity index (χ3v) is 2.61. The van der Waals surface area contributed by atoms with Crippen molar-refractivity contribution in [1.29, 1.82) is 0 Å². The normalized spacial score (nSPS) is 17.6. The van der Waals surface area contributed by atoms with E-state index in [1.54, 1.807) is 7.11 Å². The lowest BCUT2D eigenvalue weighted by molar-refractivity contribution is 0.119. The summed E-state index contributed by atoms with van der Waals surface area (Å²) >= 11 is 5.61. The predicted molar refractivity (Wildman–Crippen MR) is 75.8 cm³/mol. The molecule has 1 aliphatic rings. The van der Waals surface area contributed by atoms with E-state index in [1.165, 1.54) is 12.0 Å². The largest absolute Gasteiger partial charge is 0.380 e. The molecule has 98 valence electrons. The number of nitrogens with one attached hydrogen (secondary N) is 1. The Hall–Kier alpha value is -0.570. The minimum Gasteiger partial charge on any atom is -0.380 e. The van der Waals surface area contributed by atoms with Gasteiger partial charge in [0.1, 0.15) is 0 Å². The van der Waals surface area contributed by atoms with Crippen LogP contribution in [0.15, 0.2) is 24.3 Å². The summed E-state index contributed by atoms with van der Waals surface area (Å²) in [6, 6.07) is 7.75. The molecule has 1 N–H and O–H groups in total. The Labute approximate surface area is 110 Å². The van der Waals surface area contributed by atoms with Crippen molar-refractivity contribution in [1.82, 2.24) is 5.32 Å². The zero-order chi connectivity index (χ0) is 13.1. The average molecular weight is 258 g/mol. The second kappa shape index (κ2) is 10.6. The summed E-state index contributed by atoms with van der Waals surface area (Å²) in [6.07, 6.45) is 1.66. The van der Waals surface area contributed by atoms with E-state index in [9.17, 15) is 0 Å². The van der Waals surface area contributed by atoms with Crippen LogP contribution in [0.3, 0.4) is 0 Å². The maximum atomic E-state index is 5.61. The van der Waals surface area contributed by atoms with E-state index in [0.717, 1.165) is 18.1 Å². The first-order chi connectivity index (χ1) is 8.22. The highest BCUT2D eigenvalue weighted by Crippen LogP contribution is 2.07. The fourth-order valence-corrected chi connectivity index (χ4v) is 1.49. The number of methoxy groups -OCH3 is 1. The van der Waals surface area contributed by atoms with Gasteiger partial charge < -0.3 is 10.1 Å². The Morgan fingerprint density at radius 1 is 1.24 bits per heavy atom. The first kappa shape index (κ1) is 16.4. The molecule has 17 heavy (non-hydrogen) atoms. The van der Waals surface area contributed by atoms with Crippen molar-refractivity contribution >= 4 is 11.6 Å². The van der Waals surface area contributed by atoms with E-state index in [4.69, 9.17) is 16.3 Å². The van der Waals surface area contributed by atoms with Gasteiger partial charge in [-0.1, -0.05) is 43.1 Å². The molecule has 2 nitrogen and oxygen atoms in total. The highest BCUT2D eigenvalue weighted by Gasteiger charge is 2.11. The highest BCUT2D eigenvalue weighted by atomic mass is 35.5. The Morgan fingerprint density at radius 3 is 2.12 bits per heavy atom. The van der Waals surface area contributed by atoms with Crippen LogP contribution in [0, 0.1) is 6.92 Å². The number of halogens is 1. The van der Waals surface area contributed by atoms with E-state index >= 15 is 0 Å². The molecule has 1 fully saturated rings. The standard InChI is InChI=1S/C7H7Cl.C5H11NO.C2H6/c1-6-2-4-7(8)5-3-6;1-7-5-2-3-6-4-5;1-2/h2-5H,1H3;5-6H,2-4H2,1H3;1-2H3/t;5-;/m.0./s1. The van der Waals surface area contributed by atoms with Gasteiger partial charge in [0.05, 0.1) is 6.10 Å². The van der Waals surface area contributed by atoms with Crippen LogP contribution in [0.25, 0.3) is 0 Å². The summed E-state index contributed by atoms with van der Waals surface area (Å²) < 4.78 is 5.05. The lowest BCUT2D eigenvalue weighted by Gasteiger charge is -2.01. The summed E-state index contributed by atoms with van der Waals surface area (Å²) in [5.74, 6) is 0. The Kier molecular flexibility index (Phi) is 10.2. The molecule has 0 amide bonds. The van der Waals surface area contributed by atoms with Crippen LogP contribution in [-0.4, -0.2) is 26.3 Å². The molecule has 2 rings (SSSR count). The number of benzene rings is 1. The zero-order valence-corrected chi connectivity index (χ0v) is 12.1. The van der Waals surface area contributed by atoms with E-state index in [1.807, 2.05) is 45.0 Å². The fraction of sp³-hybridized carbons (Fsp3) is 0.571. The van der Waals surface area contributed by atoms with Crippen molar-refractivity contribution < 1.29 is 4.74 Å². The highest BCUT2D eigenvalue weighted by molar-refractivity contribution is 6.30. The second-order valence-corrected chi connectivity index (χ2v) is 4.08. The van der Waals surface area contributed by atoms with Crippen LogP contribution < -0.4 is 5.32 Å². The Morgan fingerprint density at radius 2 is 1.82 bits per heavy atom. The van der Waals surface area contributed by atoms with E-state index in [0.29, 0.717) is 6.10 Å². The van der Waals surface area contributed by atoms with Gasteiger partial charge in [-0.2, -0.15) is 0 Å². The maximum Gasteiger partial charge on any atom is 0.0707 e. The number of ether oxygens (including phenoxy) is 1. The van der Waals surface area contributed by atoms with E-state index < -0.39 is 0 Å². The number of hydrogen-bond acceptors (Lipinski definition) is 2. The lowest BCUT2D eigenvalue weighted by atomic mass is 10.2. The zero-order valence-electron chi connectivity index (χ0n) is 11.3. The van der Waals surface area contributed by atoms with Crippen LogP contribution in [0.5, 0.6) is 0 Å². The molecule has 0 spiro atoms. The van der Waals surface area contributed by atoms with Crippen LogP contribution >= 0.6 is 11.6 Å². The van der Waals surface area contributed by atoms with E-state index in [-0.39, 0.29) is 0 Å². The smallest absolute Gasteiger partial charge is 0.0707 e. The van der Waals surface area contributed by atoms with Crippen molar-refractivity contribution in [2.45, 2.75) is 33.3 Å². The summed E-state index contributed by atoms with van der Waals surface area (Å²) in [7, 11) is 1.76. The molecular weight excluding hydrogens is 234 g/mol. The van der Waals surface area contributed by atoms with Gasteiger partial charge >= 0.3 is 0 Å². The molecule has 1 aromatic rings. The topological polar surface area (TPSA) is 21.3 Å². The third kappa shape index (κ3) is 8.19. The van der Waals surface area contributed by atoms with Crippen molar-refractivity contribution in [3.05, 3.63) is 34.9 Å². The molecule has 0 saturated carbocycles. The SMILES string of the molecule is CC.CO[C@H]1CCNC1.Cc1ccc(Cl)cc1. The van der Waals surface area contributed by atoms with Crippen molar-refractivity contribution in [2.24, 2.45) is 0 Å². The maximum absolute atomic E-state index is 5.61. The molecule has 1 aliphatic heterocycles. The Bertz CT molecular complexity index is 247. The molecule has 1 atom stereocenters. The van der Waals surface area contributed by atoms with Gasteiger partial charge in [-0.05, 0) is 32.0 Å². The van der Waals surface area contributed by atoms with Crippen LogP contribution in [0.1, 0.15) is 25.8 Å². The third-order valence-electron chi connectivity index (χ3n) is 2.36. The van der Waals surface area contributed by atoms with Gasteiger partial charge in [0.15, 0.2) is 0 Å². The molecule has 0 aromatic heterocycles. The summed E-state index contributed by atoms with van der Waals surface area (Å²) in [4.78, 5) is 0. The molecule has 3 heteroatoms. The molecule has 1 heterocycles. The van der Waals surface area contributed by atoms with Gasteiger partial charge in [0.25, 0.3) is 0 Å². The molecule has 0 unspecified atom stereocenters. The lowest BCUT2D eigenvalue weighted by Crippen LogP contribution is -2.14. The van der Waals surface area contributed by atoms with Gasteiger partial charge in [0.2, 0.25) is 0 Å². The number of aryl methyl sites for hydroxylation is 1. The minimum atomic E-state index is 0.486. The first-order valence-corrected chi connectivity index (χ1v) is 6.56. The molecule has 1 aromatic carbocycles. The fourth-order valence-electron chi connectivity index (χ4n) is 1.36. The average Bonchev–Trinajstić information content (AvgIpc) is 2.89. The van der Waals surface area contributed by atoms with Crippen LogP contribution in [0.4, 0.5) is 0 Å². The van der Waals surface area contributed by atoms with Crippen molar-refractivity contribution in [3.63, 3.8) is 0 Å².